The smallest absolute Gasteiger partial charge is 0.298 e. The lowest BCUT2D eigenvalue weighted by molar-refractivity contribution is 0.101. The third-order valence-electron chi connectivity index (χ3n) is 7.97. The number of methoxy groups -OCH3 is 1. The number of halogens is 1. The quantitative estimate of drug-likeness (QED) is 0.533. The van der Waals surface area contributed by atoms with Gasteiger partial charge in [0.15, 0.2) is 23.0 Å². The van der Waals surface area contributed by atoms with Gasteiger partial charge in [0.05, 0.1) is 6.10 Å². The van der Waals surface area contributed by atoms with Crippen LogP contribution in [-0.4, -0.2) is 37.2 Å². The Kier molecular flexibility index (Phi) is 6.04. The predicted molar refractivity (Wildman–Crippen MR) is 127 cm³/mol. The maximum absolute atomic E-state index is 14.9. The summed E-state index contributed by atoms with van der Waals surface area (Å²) in [5.74, 6) is 1.24. The number of aryl methyl sites for hydroxylation is 1. The van der Waals surface area contributed by atoms with Crippen LogP contribution in [-0.2, 0) is 11.3 Å². The SMILES string of the molecule is CCC1(CC)CN(c2nc(C(=O)Nc3cc(C)c(OC4CC5C[C@H]5C4)c(F)c3)c(COC)o2)C1. The largest absolute Gasteiger partial charge is 0.487 e. The van der Waals surface area contributed by atoms with E-state index in [1.165, 1.54) is 19.6 Å². The van der Waals surface area contributed by atoms with Crippen molar-refractivity contribution >= 4 is 17.6 Å². The molecule has 3 aliphatic rings. The predicted octanol–water partition coefficient (Wildman–Crippen LogP) is 5.32. The number of anilines is 2. The molecule has 0 spiro atoms. The molecule has 3 atom stereocenters. The van der Waals surface area contributed by atoms with Crippen molar-refractivity contribution in [2.45, 2.75) is 65.6 Å². The van der Waals surface area contributed by atoms with E-state index in [1.807, 2.05) is 4.90 Å². The lowest BCUT2D eigenvalue weighted by Crippen LogP contribution is -2.56. The van der Waals surface area contributed by atoms with Gasteiger partial charge in [0, 0.05) is 37.4 Å². The molecule has 1 aromatic heterocycles. The fourth-order valence-corrected chi connectivity index (χ4v) is 5.54. The van der Waals surface area contributed by atoms with Gasteiger partial charge < -0.3 is 24.1 Å². The summed E-state index contributed by atoms with van der Waals surface area (Å²) in [6.45, 7) is 8.01. The zero-order valence-electron chi connectivity index (χ0n) is 20.4. The number of ether oxygens (including phenoxy) is 2. The van der Waals surface area contributed by atoms with Crippen molar-refractivity contribution in [3.8, 4) is 5.75 Å². The summed E-state index contributed by atoms with van der Waals surface area (Å²) >= 11 is 0. The normalized spacial score (nSPS) is 24.5. The number of carbonyl (C=O) groups excluding carboxylic acids is 1. The van der Waals surface area contributed by atoms with Crippen LogP contribution in [0.5, 0.6) is 5.75 Å². The molecular weight excluding hydrogens is 437 g/mol. The molecule has 8 heteroatoms. The van der Waals surface area contributed by atoms with Gasteiger partial charge in [-0.15, -0.1) is 0 Å². The number of benzene rings is 1. The first-order valence-corrected chi connectivity index (χ1v) is 12.4. The van der Waals surface area contributed by atoms with Gasteiger partial charge in [-0.3, -0.25) is 4.79 Å². The lowest BCUT2D eigenvalue weighted by Gasteiger charge is -2.48. The van der Waals surface area contributed by atoms with Gasteiger partial charge in [-0.1, -0.05) is 13.8 Å². The lowest BCUT2D eigenvalue weighted by atomic mass is 9.75. The van der Waals surface area contributed by atoms with Crippen LogP contribution in [0.1, 0.15) is 67.8 Å². The second-order valence-electron chi connectivity index (χ2n) is 10.3. The number of amides is 1. The number of rotatable bonds is 9. The van der Waals surface area contributed by atoms with Crippen molar-refractivity contribution in [3.05, 3.63) is 35.0 Å². The van der Waals surface area contributed by atoms with E-state index in [0.29, 0.717) is 23.0 Å². The Morgan fingerprint density at radius 2 is 1.94 bits per heavy atom. The summed E-state index contributed by atoms with van der Waals surface area (Å²) in [7, 11) is 1.54. The summed E-state index contributed by atoms with van der Waals surface area (Å²) in [6.07, 6.45) is 5.57. The third-order valence-corrected chi connectivity index (χ3v) is 7.97. The van der Waals surface area contributed by atoms with Gasteiger partial charge in [-0.25, -0.2) is 4.39 Å². The maximum Gasteiger partial charge on any atom is 0.298 e. The molecule has 7 nitrogen and oxygen atoms in total. The molecular formula is C26H34FN3O4. The van der Waals surface area contributed by atoms with Gasteiger partial charge in [0.1, 0.15) is 6.61 Å². The molecule has 1 saturated heterocycles. The number of nitrogens with one attached hydrogen (secondary N) is 1. The Hall–Kier alpha value is -2.61. The van der Waals surface area contributed by atoms with Gasteiger partial charge in [0.2, 0.25) is 0 Å². The molecule has 2 heterocycles. The van der Waals surface area contributed by atoms with Crippen LogP contribution in [0.3, 0.4) is 0 Å². The Morgan fingerprint density at radius 3 is 2.56 bits per heavy atom. The second kappa shape index (κ2) is 8.87. The first-order valence-electron chi connectivity index (χ1n) is 12.4. The molecule has 184 valence electrons. The van der Waals surface area contributed by atoms with Gasteiger partial charge in [-0.2, -0.15) is 4.98 Å². The van der Waals surface area contributed by atoms with Crippen molar-refractivity contribution in [1.29, 1.82) is 0 Å². The van der Waals surface area contributed by atoms with Gasteiger partial charge in [-0.05, 0) is 62.5 Å². The van der Waals surface area contributed by atoms with E-state index >= 15 is 0 Å². The molecule has 3 fully saturated rings. The summed E-state index contributed by atoms with van der Waals surface area (Å²) < 4.78 is 32.0. The molecule has 1 amide bonds. The number of nitrogens with zero attached hydrogens (tertiary/aromatic N) is 2. The minimum Gasteiger partial charge on any atom is -0.487 e. The average molecular weight is 472 g/mol. The summed E-state index contributed by atoms with van der Waals surface area (Å²) in [5, 5.41) is 2.77. The van der Waals surface area contributed by atoms with Crippen molar-refractivity contribution in [2.24, 2.45) is 17.3 Å². The molecule has 2 unspecified atom stereocenters. The van der Waals surface area contributed by atoms with E-state index in [2.05, 4.69) is 24.1 Å². The van der Waals surface area contributed by atoms with Crippen LogP contribution >= 0.6 is 0 Å². The first kappa shape index (κ1) is 23.1. The number of hydrogen-bond donors (Lipinski definition) is 1. The fourth-order valence-electron chi connectivity index (χ4n) is 5.54. The second-order valence-corrected chi connectivity index (χ2v) is 10.3. The van der Waals surface area contributed by atoms with E-state index in [0.717, 1.165) is 50.6 Å². The highest BCUT2D eigenvalue weighted by molar-refractivity contribution is 6.03. The van der Waals surface area contributed by atoms with Crippen molar-refractivity contribution in [3.63, 3.8) is 0 Å². The molecule has 34 heavy (non-hydrogen) atoms. The Labute approximate surface area is 200 Å². The topological polar surface area (TPSA) is 76.8 Å². The molecule has 0 radical (unpaired) electrons. The molecule has 1 aliphatic heterocycles. The van der Waals surface area contributed by atoms with Crippen molar-refractivity contribution in [2.75, 3.05) is 30.4 Å². The van der Waals surface area contributed by atoms with Gasteiger partial charge in [0.25, 0.3) is 11.9 Å². The molecule has 1 aromatic carbocycles. The van der Waals surface area contributed by atoms with Crippen LogP contribution in [0.15, 0.2) is 16.5 Å². The molecule has 2 aromatic rings. The van der Waals surface area contributed by atoms with Crippen molar-refractivity contribution in [1.82, 2.24) is 4.98 Å². The number of fused-ring (bicyclic) bond motifs is 1. The Bertz CT molecular complexity index is 1040. The number of oxazole rings is 1. The van der Waals surface area contributed by atoms with Crippen LogP contribution in [0.25, 0.3) is 0 Å². The highest BCUT2D eigenvalue weighted by Gasteiger charge is 2.47. The summed E-state index contributed by atoms with van der Waals surface area (Å²) in [5.41, 5.74) is 1.45. The number of carbonyl (C=O) groups is 1. The average Bonchev–Trinajstić information content (AvgIpc) is 3.18. The van der Waals surface area contributed by atoms with E-state index in [1.54, 1.807) is 13.0 Å². The molecule has 0 bridgehead atoms. The molecule has 1 N–H and O–H groups in total. The first-order chi connectivity index (χ1) is 16.3. The van der Waals surface area contributed by atoms with E-state index in [4.69, 9.17) is 13.9 Å². The Balaban J connectivity index is 1.29. The van der Waals surface area contributed by atoms with Crippen molar-refractivity contribution < 1.29 is 23.1 Å². The van der Waals surface area contributed by atoms with Crippen LogP contribution in [0.2, 0.25) is 0 Å². The standard InChI is InChI=1S/C26H34FN3O4/c1-5-26(6-2)13-30(14-26)25-29-22(21(34-25)12-32-4)24(31)28-18-7-15(3)23(20(27)11-18)33-19-9-16-8-17(16)10-19/h7,11,16-17,19H,5-6,8-10,12-14H2,1-4H3,(H,28,31)/t16-,17?,19?/m0/s1. The summed E-state index contributed by atoms with van der Waals surface area (Å²) in [4.78, 5) is 19.6. The van der Waals surface area contributed by atoms with Crippen LogP contribution in [0, 0.1) is 30.0 Å². The monoisotopic (exact) mass is 471 g/mol. The van der Waals surface area contributed by atoms with E-state index in [9.17, 15) is 9.18 Å². The van der Waals surface area contributed by atoms with E-state index in [-0.39, 0.29) is 29.6 Å². The zero-order valence-corrected chi connectivity index (χ0v) is 20.4. The molecule has 2 aliphatic carbocycles. The summed E-state index contributed by atoms with van der Waals surface area (Å²) in [6, 6.07) is 3.46. The van der Waals surface area contributed by atoms with Gasteiger partial charge >= 0.3 is 0 Å². The molecule has 2 saturated carbocycles. The minimum atomic E-state index is -0.468. The number of hydrogen-bond acceptors (Lipinski definition) is 6. The highest BCUT2D eigenvalue weighted by atomic mass is 19.1. The fraction of sp³-hybridized carbons (Fsp3) is 0.615. The third kappa shape index (κ3) is 4.28. The van der Waals surface area contributed by atoms with Crippen LogP contribution in [0.4, 0.5) is 16.1 Å². The number of aromatic nitrogens is 1. The molecule has 5 rings (SSSR count). The Morgan fingerprint density at radius 1 is 1.24 bits per heavy atom. The minimum absolute atomic E-state index is 0.0863. The van der Waals surface area contributed by atoms with E-state index < -0.39 is 11.7 Å². The van der Waals surface area contributed by atoms with Crippen LogP contribution < -0.4 is 15.0 Å². The zero-order chi connectivity index (χ0) is 24.0. The highest BCUT2D eigenvalue weighted by Crippen LogP contribution is 2.52. The maximum atomic E-state index is 14.9.